The molecule has 34 heavy (non-hydrogen) atoms. The van der Waals surface area contributed by atoms with E-state index in [1.165, 1.54) is 5.56 Å². The first-order chi connectivity index (χ1) is 16.7. The lowest BCUT2D eigenvalue weighted by Gasteiger charge is -2.34. The van der Waals surface area contributed by atoms with Crippen LogP contribution in [0.3, 0.4) is 0 Å². The van der Waals surface area contributed by atoms with Crippen LogP contribution in [0.5, 0.6) is 5.75 Å². The van der Waals surface area contributed by atoms with Crippen molar-refractivity contribution in [2.75, 3.05) is 39.8 Å². The predicted molar refractivity (Wildman–Crippen MR) is 137 cm³/mol. The van der Waals surface area contributed by atoms with Gasteiger partial charge >= 0.3 is 0 Å². The van der Waals surface area contributed by atoms with Gasteiger partial charge in [0.25, 0.3) is 0 Å². The molecule has 6 nitrogen and oxygen atoms in total. The average Bonchev–Trinajstić information content (AvgIpc) is 3.47. The minimum Gasteiger partial charge on any atom is -0.497 e. The molecular weight excluding hydrogens is 444 g/mol. The number of aromatic nitrogens is 2. The van der Waals surface area contributed by atoms with E-state index in [1.54, 1.807) is 18.4 Å². The van der Waals surface area contributed by atoms with E-state index >= 15 is 0 Å². The molecule has 2 aromatic heterocycles. The summed E-state index contributed by atoms with van der Waals surface area (Å²) >= 11 is 1.57. The van der Waals surface area contributed by atoms with Gasteiger partial charge in [-0.2, -0.15) is 0 Å². The molecule has 5 rings (SSSR count). The molecule has 0 radical (unpaired) electrons. The third-order valence-electron chi connectivity index (χ3n) is 6.20. The Bertz CT molecular complexity index is 1270. The number of carbonyl (C=O) groups excluding carboxylic acids is 1. The molecule has 0 N–H and O–H groups in total. The number of benzene rings is 2. The summed E-state index contributed by atoms with van der Waals surface area (Å²) in [7, 11) is 1.66. The maximum Gasteiger partial charge on any atom is 0.228 e. The van der Waals surface area contributed by atoms with Crippen LogP contribution in [0.25, 0.3) is 22.3 Å². The number of nitrogens with zero attached hydrogens (tertiary/aromatic N) is 4. The van der Waals surface area contributed by atoms with Gasteiger partial charge in [-0.1, -0.05) is 42.5 Å². The number of hydrogen-bond donors (Lipinski definition) is 0. The molecule has 1 aliphatic rings. The first kappa shape index (κ1) is 22.4. The molecule has 0 spiro atoms. The number of imidazole rings is 1. The summed E-state index contributed by atoms with van der Waals surface area (Å²) in [5.74, 6) is 1.00. The summed E-state index contributed by atoms with van der Waals surface area (Å²) in [4.78, 5) is 23.0. The topological polar surface area (TPSA) is 50.1 Å². The number of amides is 1. The van der Waals surface area contributed by atoms with Gasteiger partial charge in [-0.3, -0.25) is 14.1 Å². The fraction of sp³-hybridized carbons (Fsp3) is 0.259. The lowest BCUT2D eigenvalue weighted by atomic mass is 10.1. The van der Waals surface area contributed by atoms with Crippen molar-refractivity contribution in [1.29, 1.82) is 0 Å². The quantitative estimate of drug-likeness (QED) is 0.398. The largest absolute Gasteiger partial charge is 0.497 e. The van der Waals surface area contributed by atoms with Gasteiger partial charge in [0.15, 0.2) is 4.96 Å². The van der Waals surface area contributed by atoms with Gasteiger partial charge in [-0.05, 0) is 29.8 Å². The van der Waals surface area contributed by atoms with Crippen LogP contribution >= 0.6 is 11.3 Å². The smallest absolute Gasteiger partial charge is 0.228 e. The van der Waals surface area contributed by atoms with E-state index in [2.05, 4.69) is 41.3 Å². The molecule has 3 heterocycles. The van der Waals surface area contributed by atoms with Gasteiger partial charge in [0.2, 0.25) is 5.91 Å². The van der Waals surface area contributed by atoms with Gasteiger partial charge in [-0.15, -0.1) is 11.3 Å². The standard InChI is InChI=1S/C27H28N4O2S/c1-33-24-11-9-22(10-12-24)25-19-31-23(20-34-27(31)28-25)18-26(32)30-16-14-29(15-17-30)13-5-8-21-6-3-2-4-7-21/h2-12,19-20H,13-18H2,1H3/b8-5+. The predicted octanol–water partition coefficient (Wildman–Crippen LogP) is 4.47. The Morgan fingerprint density at radius 3 is 2.56 bits per heavy atom. The van der Waals surface area contributed by atoms with Crippen molar-refractivity contribution in [3.05, 3.63) is 83.5 Å². The van der Waals surface area contributed by atoms with Gasteiger partial charge in [0.1, 0.15) is 5.75 Å². The van der Waals surface area contributed by atoms with Crippen molar-refractivity contribution in [3.63, 3.8) is 0 Å². The fourth-order valence-electron chi connectivity index (χ4n) is 4.21. The van der Waals surface area contributed by atoms with Crippen LogP contribution in [-0.2, 0) is 11.2 Å². The van der Waals surface area contributed by atoms with Crippen molar-refractivity contribution in [2.45, 2.75) is 6.42 Å². The second-order valence-electron chi connectivity index (χ2n) is 8.41. The Kier molecular flexibility index (Phi) is 6.74. The Morgan fingerprint density at radius 1 is 1.06 bits per heavy atom. The Hall–Kier alpha value is -3.42. The van der Waals surface area contributed by atoms with Crippen LogP contribution in [0.4, 0.5) is 0 Å². The molecule has 2 aromatic carbocycles. The number of piperazine rings is 1. The molecule has 7 heteroatoms. The number of carbonyl (C=O) groups is 1. The second kappa shape index (κ2) is 10.2. The molecular formula is C27H28N4O2S. The van der Waals surface area contributed by atoms with E-state index in [1.807, 2.05) is 51.2 Å². The number of fused-ring (bicyclic) bond motifs is 1. The molecule has 0 saturated carbocycles. The molecule has 0 bridgehead atoms. The number of thiazole rings is 1. The van der Waals surface area contributed by atoms with Crippen molar-refractivity contribution >= 4 is 28.3 Å². The Balaban J connectivity index is 1.16. The van der Waals surface area contributed by atoms with Crippen LogP contribution in [0.2, 0.25) is 0 Å². The summed E-state index contributed by atoms with van der Waals surface area (Å²) in [6, 6.07) is 18.2. The van der Waals surface area contributed by atoms with E-state index in [0.29, 0.717) is 6.42 Å². The lowest BCUT2D eigenvalue weighted by molar-refractivity contribution is -0.132. The number of ether oxygens (including phenoxy) is 1. The highest BCUT2D eigenvalue weighted by Gasteiger charge is 2.22. The maximum atomic E-state index is 13.0. The second-order valence-corrected chi connectivity index (χ2v) is 9.24. The van der Waals surface area contributed by atoms with Crippen molar-refractivity contribution in [1.82, 2.24) is 19.2 Å². The molecule has 1 fully saturated rings. The first-order valence-corrected chi connectivity index (χ1v) is 12.4. The van der Waals surface area contributed by atoms with Crippen molar-refractivity contribution in [3.8, 4) is 17.0 Å². The van der Waals surface area contributed by atoms with E-state index in [-0.39, 0.29) is 5.91 Å². The number of hydrogen-bond acceptors (Lipinski definition) is 5. The molecule has 1 amide bonds. The lowest BCUT2D eigenvalue weighted by Crippen LogP contribution is -2.49. The van der Waals surface area contributed by atoms with Gasteiger partial charge < -0.3 is 9.64 Å². The van der Waals surface area contributed by atoms with E-state index < -0.39 is 0 Å². The molecule has 174 valence electrons. The highest BCUT2D eigenvalue weighted by atomic mass is 32.1. The van der Waals surface area contributed by atoms with Crippen LogP contribution in [0.15, 0.2) is 72.3 Å². The molecule has 0 unspecified atom stereocenters. The summed E-state index contributed by atoms with van der Waals surface area (Å²) in [5.41, 5.74) is 4.14. The van der Waals surface area contributed by atoms with Gasteiger partial charge in [0, 0.05) is 55.6 Å². The van der Waals surface area contributed by atoms with Crippen LogP contribution in [0.1, 0.15) is 11.3 Å². The van der Waals surface area contributed by atoms with E-state index in [9.17, 15) is 4.79 Å². The molecule has 1 aliphatic heterocycles. The van der Waals surface area contributed by atoms with Crippen molar-refractivity contribution < 1.29 is 9.53 Å². The minimum absolute atomic E-state index is 0.180. The zero-order valence-electron chi connectivity index (χ0n) is 19.3. The zero-order valence-corrected chi connectivity index (χ0v) is 20.1. The Morgan fingerprint density at radius 2 is 1.82 bits per heavy atom. The number of rotatable bonds is 7. The average molecular weight is 473 g/mol. The highest BCUT2D eigenvalue weighted by Crippen LogP contribution is 2.25. The summed E-state index contributed by atoms with van der Waals surface area (Å²) in [5, 5.41) is 2.04. The summed E-state index contributed by atoms with van der Waals surface area (Å²) in [6.45, 7) is 4.25. The first-order valence-electron chi connectivity index (χ1n) is 11.5. The minimum atomic E-state index is 0.180. The highest BCUT2D eigenvalue weighted by molar-refractivity contribution is 7.15. The Labute approximate surface area is 203 Å². The third-order valence-corrected chi connectivity index (χ3v) is 7.09. The van der Waals surface area contributed by atoms with Crippen LogP contribution in [-0.4, -0.2) is 64.9 Å². The van der Waals surface area contributed by atoms with E-state index in [4.69, 9.17) is 9.72 Å². The summed E-state index contributed by atoms with van der Waals surface area (Å²) < 4.78 is 7.29. The summed E-state index contributed by atoms with van der Waals surface area (Å²) in [6.07, 6.45) is 6.78. The fourth-order valence-corrected chi connectivity index (χ4v) is 5.08. The van der Waals surface area contributed by atoms with Crippen LogP contribution < -0.4 is 4.74 Å². The van der Waals surface area contributed by atoms with Crippen LogP contribution in [0, 0.1) is 0 Å². The van der Waals surface area contributed by atoms with Gasteiger partial charge in [-0.25, -0.2) is 4.98 Å². The SMILES string of the molecule is COc1ccc(-c2cn3c(CC(=O)N4CCN(C/C=C/c5ccccc5)CC4)csc3n2)cc1. The normalized spacial score (nSPS) is 14.8. The molecule has 0 atom stereocenters. The van der Waals surface area contributed by atoms with E-state index in [0.717, 1.165) is 60.4 Å². The number of methoxy groups -OCH3 is 1. The van der Waals surface area contributed by atoms with Gasteiger partial charge in [0.05, 0.1) is 19.2 Å². The maximum absolute atomic E-state index is 13.0. The monoisotopic (exact) mass is 472 g/mol. The third kappa shape index (κ3) is 5.05. The zero-order chi connectivity index (χ0) is 23.3. The molecule has 1 saturated heterocycles. The van der Waals surface area contributed by atoms with Crippen molar-refractivity contribution in [2.24, 2.45) is 0 Å². The molecule has 0 aliphatic carbocycles. The molecule has 4 aromatic rings.